The maximum absolute atomic E-state index is 11.8. The predicted molar refractivity (Wildman–Crippen MR) is 59.1 cm³/mol. The number of carbonyl (C=O) groups is 1. The van der Waals surface area contributed by atoms with Gasteiger partial charge >= 0.3 is 0 Å². The van der Waals surface area contributed by atoms with Gasteiger partial charge in [-0.1, -0.05) is 20.3 Å². The Morgan fingerprint density at radius 3 is 2.69 bits per heavy atom. The summed E-state index contributed by atoms with van der Waals surface area (Å²) in [6.07, 6.45) is 6.42. The molecule has 0 aromatic heterocycles. The van der Waals surface area contributed by atoms with E-state index in [-0.39, 0.29) is 5.41 Å². The van der Waals surface area contributed by atoms with Gasteiger partial charge in [0.2, 0.25) is 0 Å². The summed E-state index contributed by atoms with van der Waals surface area (Å²) in [4.78, 5) is 11.8. The minimum atomic E-state index is 0.273. The molecule has 1 aliphatic rings. The van der Waals surface area contributed by atoms with Crippen LogP contribution in [-0.2, 0) is 4.79 Å². The van der Waals surface area contributed by atoms with E-state index in [2.05, 4.69) is 20.1 Å². The molecule has 1 unspecified atom stereocenters. The first-order chi connectivity index (χ1) is 6.08. The molecule has 1 saturated carbocycles. The van der Waals surface area contributed by atoms with E-state index in [4.69, 9.17) is 0 Å². The first-order valence-corrected chi connectivity index (χ1v) is 6.49. The van der Waals surface area contributed by atoms with Gasteiger partial charge in [0.25, 0.3) is 0 Å². The Morgan fingerprint density at radius 1 is 1.54 bits per heavy atom. The molecule has 0 aromatic rings. The van der Waals surface area contributed by atoms with Crippen LogP contribution in [0, 0.1) is 11.3 Å². The van der Waals surface area contributed by atoms with Crippen LogP contribution in [0.15, 0.2) is 0 Å². The molecule has 0 spiro atoms. The number of rotatable bonds is 4. The van der Waals surface area contributed by atoms with Gasteiger partial charge in [0.1, 0.15) is 5.78 Å². The second kappa shape index (κ2) is 4.50. The van der Waals surface area contributed by atoms with Crippen molar-refractivity contribution in [2.24, 2.45) is 11.3 Å². The standard InChI is InChI=1S/C11H20OS/c1-11(2)7-4-5-9(11)10(12)6-8-13-3/h9H,4-8H2,1-3H3. The van der Waals surface area contributed by atoms with Crippen LogP contribution in [0.5, 0.6) is 0 Å². The maximum Gasteiger partial charge on any atom is 0.137 e. The van der Waals surface area contributed by atoms with Crippen LogP contribution < -0.4 is 0 Å². The molecule has 0 amide bonds. The Labute approximate surface area is 85.7 Å². The smallest absolute Gasteiger partial charge is 0.137 e. The molecule has 0 radical (unpaired) electrons. The molecular formula is C11H20OS. The van der Waals surface area contributed by atoms with Gasteiger partial charge < -0.3 is 0 Å². The van der Waals surface area contributed by atoms with Crippen molar-refractivity contribution < 1.29 is 4.79 Å². The summed E-state index contributed by atoms with van der Waals surface area (Å²) in [5, 5.41) is 0. The number of Topliss-reactive ketones (excluding diaryl/α,β-unsaturated/α-hetero) is 1. The lowest BCUT2D eigenvalue weighted by atomic mass is 9.79. The van der Waals surface area contributed by atoms with Crippen LogP contribution in [-0.4, -0.2) is 17.8 Å². The van der Waals surface area contributed by atoms with E-state index in [0.717, 1.165) is 18.6 Å². The van der Waals surface area contributed by atoms with Gasteiger partial charge in [-0.25, -0.2) is 0 Å². The molecule has 0 aromatic carbocycles. The Hall–Kier alpha value is 0.0200. The average molecular weight is 200 g/mol. The van der Waals surface area contributed by atoms with Gasteiger partial charge in [-0.15, -0.1) is 0 Å². The molecule has 0 N–H and O–H groups in total. The number of carbonyl (C=O) groups excluding carboxylic acids is 1. The van der Waals surface area contributed by atoms with Gasteiger partial charge in [-0.2, -0.15) is 11.8 Å². The van der Waals surface area contributed by atoms with Crippen molar-refractivity contribution >= 4 is 17.5 Å². The number of hydrogen-bond donors (Lipinski definition) is 0. The highest BCUT2D eigenvalue weighted by Crippen LogP contribution is 2.43. The monoisotopic (exact) mass is 200 g/mol. The van der Waals surface area contributed by atoms with Gasteiger partial charge in [0, 0.05) is 12.3 Å². The zero-order valence-electron chi connectivity index (χ0n) is 8.93. The van der Waals surface area contributed by atoms with Crippen molar-refractivity contribution in [3.8, 4) is 0 Å². The zero-order valence-corrected chi connectivity index (χ0v) is 9.75. The summed E-state index contributed by atoms with van der Waals surface area (Å²) < 4.78 is 0. The second-order valence-corrected chi connectivity index (χ2v) is 5.63. The van der Waals surface area contributed by atoms with Crippen molar-refractivity contribution in [3.63, 3.8) is 0 Å². The third kappa shape index (κ3) is 2.73. The van der Waals surface area contributed by atoms with E-state index in [9.17, 15) is 4.79 Å². The normalized spacial score (nSPS) is 26.2. The minimum absolute atomic E-state index is 0.273. The van der Waals surface area contributed by atoms with E-state index in [0.29, 0.717) is 11.7 Å². The molecule has 1 fully saturated rings. The average Bonchev–Trinajstić information content (AvgIpc) is 2.41. The topological polar surface area (TPSA) is 17.1 Å². The van der Waals surface area contributed by atoms with Crippen LogP contribution in [0.25, 0.3) is 0 Å². The van der Waals surface area contributed by atoms with Crippen LogP contribution in [0.2, 0.25) is 0 Å². The molecule has 0 bridgehead atoms. The van der Waals surface area contributed by atoms with Gasteiger partial charge in [0.05, 0.1) is 0 Å². The van der Waals surface area contributed by atoms with E-state index in [1.165, 1.54) is 12.8 Å². The zero-order chi connectivity index (χ0) is 9.90. The Morgan fingerprint density at radius 2 is 2.23 bits per heavy atom. The fraction of sp³-hybridized carbons (Fsp3) is 0.909. The number of hydrogen-bond acceptors (Lipinski definition) is 2. The third-order valence-corrected chi connectivity index (χ3v) is 3.81. The molecule has 0 heterocycles. The highest BCUT2D eigenvalue weighted by atomic mass is 32.2. The van der Waals surface area contributed by atoms with Crippen LogP contribution in [0.1, 0.15) is 39.5 Å². The van der Waals surface area contributed by atoms with Crippen molar-refractivity contribution in [2.45, 2.75) is 39.5 Å². The lowest BCUT2D eigenvalue weighted by Crippen LogP contribution is -2.25. The first kappa shape index (κ1) is 11.1. The molecule has 13 heavy (non-hydrogen) atoms. The lowest BCUT2D eigenvalue weighted by molar-refractivity contribution is -0.124. The van der Waals surface area contributed by atoms with Crippen molar-refractivity contribution in [1.82, 2.24) is 0 Å². The molecule has 1 nitrogen and oxygen atoms in total. The molecule has 0 aliphatic heterocycles. The molecule has 2 heteroatoms. The van der Waals surface area contributed by atoms with Crippen LogP contribution in [0.4, 0.5) is 0 Å². The predicted octanol–water partition coefficient (Wildman–Crippen LogP) is 3.13. The Kier molecular flexibility index (Phi) is 3.84. The van der Waals surface area contributed by atoms with Gasteiger partial charge in [-0.3, -0.25) is 4.79 Å². The fourth-order valence-corrected chi connectivity index (χ4v) is 2.71. The highest BCUT2D eigenvalue weighted by molar-refractivity contribution is 7.98. The summed E-state index contributed by atoms with van der Waals surface area (Å²) in [7, 11) is 0. The van der Waals surface area contributed by atoms with E-state index in [1.54, 1.807) is 11.8 Å². The summed E-state index contributed by atoms with van der Waals surface area (Å²) >= 11 is 1.77. The molecule has 1 rings (SSSR count). The lowest BCUT2D eigenvalue weighted by Gasteiger charge is -2.25. The van der Waals surface area contributed by atoms with Crippen molar-refractivity contribution in [3.05, 3.63) is 0 Å². The van der Waals surface area contributed by atoms with E-state index in [1.807, 2.05) is 0 Å². The summed E-state index contributed by atoms with van der Waals surface area (Å²) in [6, 6.07) is 0. The quantitative estimate of drug-likeness (QED) is 0.693. The molecule has 1 aliphatic carbocycles. The Balaban J connectivity index is 2.46. The molecule has 76 valence electrons. The minimum Gasteiger partial charge on any atom is -0.299 e. The number of ketones is 1. The molecule has 1 atom stereocenters. The van der Waals surface area contributed by atoms with E-state index < -0.39 is 0 Å². The number of thioether (sulfide) groups is 1. The third-order valence-electron chi connectivity index (χ3n) is 3.20. The summed E-state index contributed by atoms with van der Waals surface area (Å²) in [5.41, 5.74) is 0.273. The van der Waals surface area contributed by atoms with Crippen molar-refractivity contribution in [1.29, 1.82) is 0 Å². The first-order valence-electron chi connectivity index (χ1n) is 5.09. The molecule has 0 saturated heterocycles. The van der Waals surface area contributed by atoms with Crippen LogP contribution >= 0.6 is 11.8 Å². The van der Waals surface area contributed by atoms with E-state index >= 15 is 0 Å². The van der Waals surface area contributed by atoms with Gasteiger partial charge in [0.15, 0.2) is 0 Å². The largest absolute Gasteiger partial charge is 0.299 e. The molecular weight excluding hydrogens is 180 g/mol. The SMILES string of the molecule is CSCCC(=O)C1CCCC1(C)C. The van der Waals surface area contributed by atoms with Crippen molar-refractivity contribution in [2.75, 3.05) is 12.0 Å². The fourth-order valence-electron chi connectivity index (χ4n) is 2.30. The Bertz CT molecular complexity index is 187. The van der Waals surface area contributed by atoms with Crippen LogP contribution in [0.3, 0.4) is 0 Å². The maximum atomic E-state index is 11.8. The highest BCUT2D eigenvalue weighted by Gasteiger charge is 2.38. The van der Waals surface area contributed by atoms with Gasteiger partial charge in [-0.05, 0) is 30.3 Å². The summed E-state index contributed by atoms with van der Waals surface area (Å²) in [5.74, 6) is 1.84. The summed E-state index contributed by atoms with van der Waals surface area (Å²) in [6.45, 7) is 4.48. The second-order valence-electron chi connectivity index (χ2n) is 4.64.